The lowest BCUT2D eigenvalue weighted by molar-refractivity contribution is -0.132. The van der Waals surface area contributed by atoms with E-state index >= 15 is 0 Å². The number of nitrogens with one attached hydrogen (secondary N) is 2. The molecule has 8 heteroatoms. The van der Waals surface area contributed by atoms with E-state index in [4.69, 9.17) is 0 Å². The maximum atomic E-state index is 12.2. The molecule has 0 aliphatic carbocycles. The van der Waals surface area contributed by atoms with Crippen LogP contribution in [0.25, 0.3) is 0 Å². The van der Waals surface area contributed by atoms with Gasteiger partial charge in [-0.1, -0.05) is 24.3 Å². The van der Waals surface area contributed by atoms with Crippen molar-refractivity contribution in [2.24, 2.45) is 4.99 Å². The van der Waals surface area contributed by atoms with Crippen molar-refractivity contribution in [1.29, 1.82) is 0 Å². The van der Waals surface area contributed by atoms with Crippen LogP contribution in [0.3, 0.4) is 0 Å². The van der Waals surface area contributed by atoms with Crippen molar-refractivity contribution in [1.82, 2.24) is 15.5 Å². The minimum Gasteiger partial charge on any atom is -0.356 e. The first-order valence-corrected chi connectivity index (χ1v) is 8.54. The lowest BCUT2D eigenvalue weighted by Crippen LogP contribution is -2.54. The van der Waals surface area contributed by atoms with Crippen molar-refractivity contribution in [3.05, 3.63) is 35.4 Å². The Hall–Kier alpha value is -1.03. The standard InChI is InChI=1S/C18H27F3N4.HI/c1-17(2,13-24-16(22-3)23-10-9-18(19,20)21)25-11-8-14-6-4-5-7-15(14)12-25;/h4-7H,8-13H2,1-3H3,(H2,22,23,24);1H. The number of rotatable bonds is 5. The monoisotopic (exact) mass is 484 g/mol. The Morgan fingerprint density at radius 3 is 2.42 bits per heavy atom. The molecule has 4 nitrogen and oxygen atoms in total. The molecule has 0 spiro atoms. The van der Waals surface area contributed by atoms with Crippen molar-refractivity contribution in [3.63, 3.8) is 0 Å². The van der Waals surface area contributed by atoms with Crippen LogP contribution in [0.1, 0.15) is 31.4 Å². The molecule has 0 unspecified atom stereocenters. The van der Waals surface area contributed by atoms with Gasteiger partial charge < -0.3 is 10.6 Å². The second-order valence-electron chi connectivity index (χ2n) is 6.97. The molecular weight excluding hydrogens is 456 g/mol. The summed E-state index contributed by atoms with van der Waals surface area (Å²) in [6.45, 7) is 6.53. The Morgan fingerprint density at radius 2 is 1.81 bits per heavy atom. The zero-order chi connectivity index (χ0) is 18.5. The molecule has 1 aliphatic heterocycles. The summed E-state index contributed by atoms with van der Waals surface area (Å²) in [7, 11) is 1.56. The maximum Gasteiger partial charge on any atom is 0.390 e. The van der Waals surface area contributed by atoms with Gasteiger partial charge in [-0.3, -0.25) is 9.89 Å². The molecule has 0 saturated carbocycles. The molecule has 1 aromatic rings. The molecule has 0 fully saturated rings. The first-order chi connectivity index (χ1) is 11.7. The Bertz CT molecular complexity index is 602. The van der Waals surface area contributed by atoms with E-state index in [-0.39, 0.29) is 36.1 Å². The van der Waals surface area contributed by atoms with Gasteiger partial charge in [0.05, 0.1) is 6.42 Å². The van der Waals surface area contributed by atoms with E-state index in [2.05, 4.69) is 58.6 Å². The smallest absolute Gasteiger partial charge is 0.356 e. The van der Waals surface area contributed by atoms with Gasteiger partial charge in [-0.05, 0) is 31.4 Å². The molecule has 2 N–H and O–H groups in total. The molecule has 0 radical (unpaired) electrons. The number of aliphatic imine (C=N–C) groups is 1. The van der Waals surface area contributed by atoms with Gasteiger partial charge in [0.25, 0.3) is 0 Å². The van der Waals surface area contributed by atoms with E-state index in [1.165, 1.54) is 11.1 Å². The van der Waals surface area contributed by atoms with Gasteiger partial charge in [0.1, 0.15) is 0 Å². The third kappa shape index (κ3) is 6.94. The fourth-order valence-corrected chi connectivity index (χ4v) is 2.97. The molecule has 2 rings (SSSR count). The lowest BCUT2D eigenvalue weighted by atomic mass is 9.94. The summed E-state index contributed by atoms with van der Waals surface area (Å²) in [6.07, 6.45) is -4.02. The molecule has 0 aromatic heterocycles. The highest BCUT2D eigenvalue weighted by Gasteiger charge is 2.30. The van der Waals surface area contributed by atoms with Crippen LogP contribution in [-0.4, -0.2) is 49.3 Å². The summed E-state index contributed by atoms with van der Waals surface area (Å²) < 4.78 is 36.7. The van der Waals surface area contributed by atoms with Crippen molar-refractivity contribution < 1.29 is 13.2 Å². The average molecular weight is 484 g/mol. The Morgan fingerprint density at radius 1 is 1.15 bits per heavy atom. The molecule has 1 aromatic carbocycles. The van der Waals surface area contributed by atoms with E-state index in [1.54, 1.807) is 7.05 Å². The van der Waals surface area contributed by atoms with Crippen LogP contribution in [0.2, 0.25) is 0 Å². The fourth-order valence-electron chi connectivity index (χ4n) is 2.97. The van der Waals surface area contributed by atoms with Crippen molar-refractivity contribution in [2.75, 3.05) is 26.7 Å². The molecule has 0 amide bonds. The van der Waals surface area contributed by atoms with E-state index in [1.807, 2.05) is 0 Å². The summed E-state index contributed by atoms with van der Waals surface area (Å²) in [4.78, 5) is 6.39. The second-order valence-corrected chi connectivity index (χ2v) is 6.97. The van der Waals surface area contributed by atoms with Gasteiger partial charge in [-0.15, -0.1) is 24.0 Å². The van der Waals surface area contributed by atoms with Crippen LogP contribution in [0.15, 0.2) is 29.3 Å². The van der Waals surface area contributed by atoms with Crippen LogP contribution in [0.5, 0.6) is 0 Å². The number of guanidine groups is 1. The van der Waals surface area contributed by atoms with Crippen molar-refractivity contribution in [2.45, 2.75) is 44.9 Å². The minimum atomic E-state index is -4.16. The van der Waals surface area contributed by atoms with Gasteiger partial charge in [0, 0.05) is 38.8 Å². The van der Waals surface area contributed by atoms with E-state index < -0.39 is 12.6 Å². The minimum absolute atomic E-state index is 0. The number of alkyl halides is 3. The third-order valence-electron chi connectivity index (χ3n) is 4.60. The maximum absolute atomic E-state index is 12.2. The third-order valence-corrected chi connectivity index (χ3v) is 4.60. The highest BCUT2D eigenvalue weighted by molar-refractivity contribution is 14.0. The summed E-state index contributed by atoms with van der Waals surface area (Å²) in [5.74, 6) is 0.398. The molecule has 0 atom stereocenters. The Kier molecular flexibility index (Phi) is 8.65. The number of benzene rings is 1. The molecule has 148 valence electrons. The quantitative estimate of drug-likeness (QED) is 0.382. The zero-order valence-electron chi connectivity index (χ0n) is 15.5. The van der Waals surface area contributed by atoms with Crippen LogP contribution < -0.4 is 10.6 Å². The number of fused-ring (bicyclic) bond motifs is 1. The Balaban J connectivity index is 0.00000338. The van der Waals surface area contributed by atoms with Gasteiger partial charge in [-0.2, -0.15) is 13.2 Å². The molecule has 0 bridgehead atoms. The summed E-state index contributed by atoms with van der Waals surface area (Å²) in [5, 5.41) is 5.86. The molecule has 1 heterocycles. The van der Waals surface area contributed by atoms with Gasteiger partial charge in [-0.25, -0.2) is 0 Å². The zero-order valence-corrected chi connectivity index (χ0v) is 17.8. The summed E-state index contributed by atoms with van der Waals surface area (Å²) >= 11 is 0. The van der Waals surface area contributed by atoms with E-state index in [9.17, 15) is 13.2 Å². The van der Waals surface area contributed by atoms with Crippen molar-refractivity contribution in [3.8, 4) is 0 Å². The molecule has 1 aliphatic rings. The van der Waals surface area contributed by atoms with Crippen molar-refractivity contribution >= 4 is 29.9 Å². The normalized spacial score (nSPS) is 15.8. The molecular formula is C18H28F3IN4. The highest BCUT2D eigenvalue weighted by Crippen LogP contribution is 2.25. The first kappa shape index (κ1) is 23.0. The van der Waals surface area contributed by atoms with Crippen LogP contribution in [-0.2, 0) is 13.0 Å². The lowest BCUT2D eigenvalue weighted by Gasteiger charge is -2.42. The number of halogens is 4. The predicted molar refractivity (Wildman–Crippen MR) is 110 cm³/mol. The SMILES string of the molecule is CN=C(NCCC(F)(F)F)NCC(C)(C)N1CCc2ccccc2C1.I. The van der Waals surface area contributed by atoms with Gasteiger partial charge in [0.15, 0.2) is 5.96 Å². The van der Waals surface area contributed by atoms with Gasteiger partial charge >= 0.3 is 6.18 Å². The largest absolute Gasteiger partial charge is 0.390 e. The summed E-state index contributed by atoms with van der Waals surface area (Å²) in [6, 6.07) is 8.45. The van der Waals surface area contributed by atoms with E-state index in [0.29, 0.717) is 12.5 Å². The number of hydrogen-bond acceptors (Lipinski definition) is 2. The number of hydrogen-bond donors (Lipinski definition) is 2. The topological polar surface area (TPSA) is 39.7 Å². The van der Waals surface area contributed by atoms with Gasteiger partial charge in [0.2, 0.25) is 0 Å². The Labute approximate surface area is 170 Å². The highest BCUT2D eigenvalue weighted by atomic mass is 127. The second kappa shape index (κ2) is 9.77. The van der Waals surface area contributed by atoms with Crippen LogP contribution >= 0.6 is 24.0 Å². The van der Waals surface area contributed by atoms with E-state index in [0.717, 1.165) is 19.5 Å². The van der Waals surface area contributed by atoms with Crippen LogP contribution in [0, 0.1) is 0 Å². The molecule has 0 saturated heterocycles. The predicted octanol–water partition coefficient (Wildman–Crippen LogP) is 3.56. The molecule has 26 heavy (non-hydrogen) atoms. The fraction of sp³-hybridized carbons (Fsp3) is 0.611. The summed E-state index contributed by atoms with van der Waals surface area (Å²) in [5.41, 5.74) is 2.59. The average Bonchev–Trinajstić information content (AvgIpc) is 2.56. The number of nitrogens with zero attached hydrogens (tertiary/aromatic N) is 2. The first-order valence-electron chi connectivity index (χ1n) is 8.54. The van der Waals surface area contributed by atoms with Crippen LogP contribution in [0.4, 0.5) is 13.2 Å².